The van der Waals surface area contributed by atoms with E-state index in [1.165, 1.54) is 32.1 Å². The molecular weight excluding hydrogens is 612 g/mol. The van der Waals surface area contributed by atoms with Crippen molar-refractivity contribution in [3.63, 3.8) is 0 Å². The number of carbonyl (C=O) groups is 3. The zero-order valence-corrected chi connectivity index (χ0v) is 31.0. The molecule has 0 fully saturated rings. The van der Waals surface area contributed by atoms with Gasteiger partial charge in [0, 0.05) is 12.8 Å². The van der Waals surface area contributed by atoms with Crippen LogP contribution in [0.5, 0.6) is 0 Å². The fraction of sp³-hybridized carbons (Fsp3) is 0.643. The van der Waals surface area contributed by atoms with Crippen molar-refractivity contribution in [2.45, 2.75) is 167 Å². The third-order valence-electron chi connectivity index (χ3n) is 7.99. The molecule has 0 aliphatic carbocycles. The van der Waals surface area contributed by atoms with E-state index in [0.29, 0.717) is 38.6 Å². The Kier molecular flexibility index (Phi) is 33.7. The molecule has 0 rings (SSSR count). The monoisotopic (exact) mass is 683 g/mol. The van der Waals surface area contributed by atoms with Crippen molar-refractivity contribution in [3.8, 4) is 0 Å². The van der Waals surface area contributed by atoms with Crippen molar-refractivity contribution >= 4 is 17.8 Å². The Morgan fingerprint density at radius 2 is 1.18 bits per heavy atom. The summed E-state index contributed by atoms with van der Waals surface area (Å²) in [6.45, 7) is 4.74. The van der Waals surface area contributed by atoms with Crippen LogP contribution in [0.4, 0.5) is 0 Å². The predicted molar refractivity (Wildman–Crippen MR) is 206 cm³/mol. The highest BCUT2D eigenvalue weighted by Crippen LogP contribution is 2.14. The highest BCUT2D eigenvalue weighted by atomic mass is 16.5. The Hall–Kier alpha value is -3.19. The van der Waals surface area contributed by atoms with Crippen molar-refractivity contribution in [3.05, 3.63) is 72.9 Å². The molecule has 0 aromatic carbocycles. The molecule has 1 amide bonds. The number of allylic oxidation sites excluding steroid dienone is 11. The van der Waals surface area contributed by atoms with Crippen LogP contribution in [0.3, 0.4) is 0 Å². The number of aliphatic carboxylic acids is 1. The van der Waals surface area contributed by atoms with Crippen LogP contribution in [0, 0.1) is 0 Å². The normalized spacial score (nSPS) is 13.5. The molecule has 0 saturated carbocycles. The van der Waals surface area contributed by atoms with Crippen LogP contribution >= 0.6 is 0 Å². The number of nitrogens with one attached hydrogen (secondary N) is 1. The van der Waals surface area contributed by atoms with Crippen molar-refractivity contribution in [2.75, 3.05) is 6.54 Å². The molecule has 0 aromatic rings. The Labute approximate surface area is 299 Å². The van der Waals surface area contributed by atoms with E-state index in [2.05, 4.69) is 86.0 Å². The van der Waals surface area contributed by atoms with E-state index in [1.807, 2.05) is 6.08 Å². The van der Waals surface area contributed by atoms with Gasteiger partial charge in [-0.25, -0.2) is 4.79 Å². The van der Waals surface area contributed by atoms with E-state index in [9.17, 15) is 19.5 Å². The molecule has 2 unspecified atom stereocenters. The number of hydrogen-bond acceptors (Lipinski definition) is 5. The Balaban J connectivity index is 4.55. The second kappa shape index (κ2) is 36.1. The maximum absolute atomic E-state index is 12.7. The lowest BCUT2D eigenvalue weighted by Gasteiger charge is -2.15. The first-order valence-electron chi connectivity index (χ1n) is 19.3. The van der Waals surface area contributed by atoms with Gasteiger partial charge in [-0.15, -0.1) is 0 Å². The summed E-state index contributed by atoms with van der Waals surface area (Å²) in [7, 11) is 0. The van der Waals surface area contributed by atoms with Gasteiger partial charge in [0.15, 0.2) is 0 Å². The number of nitrogens with two attached hydrogens (primary N) is 1. The molecule has 7 nitrogen and oxygen atoms in total. The van der Waals surface area contributed by atoms with Crippen LogP contribution < -0.4 is 11.1 Å². The van der Waals surface area contributed by atoms with Gasteiger partial charge >= 0.3 is 11.9 Å². The molecule has 0 saturated heterocycles. The number of unbranched alkanes of at least 4 members (excludes halogenated alkanes) is 9. The Bertz CT molecular complexity index is 995. The number of ether oxygens (including phenoxy) is 1. The molecule has 0 aromatic heterocycles. The molecule has 4 N–H and O–H groups in total. The minimum atomic E-state index is -1.03. The number of rotatable bonds is 33. The molecule has 278 valence electrons. The van der Waals surface area contributed by atoms with Crippen molar-refractivity contribution in [1.82, 2.24) is 5.32 Å². The van der Waals surface area contributed by atoms with Crippen LogP contribution in [-0.2, 0) is 19.1 Å². The molecule has 0 heterocycles. The van der Waals surface area contributed by atoms with Crippen LogP contribution in [0.1, 0.15) is 155 Å². The van der Waals surface area contributed by atoms with Gasteiger partial charge in [0.1, 0.15) is 12.1 Å². The second-order valence-corrected chi connectivity index (χ2v) is 12.6. The molecule has 0 spiro atoms. The summed E-state index contributed by atoms with van der Waals surface area (Å²) in [5, 5.41) is 11.9. The minimum absolute atomic E-state index is 0.154. The van der Waals surface area contributed by atoms with Crippen molar-refractivity contribution < 1.29 is 24.2 Å². The van der Waals surface area contributed by atoms with Crippen LogP contribution in [0.2, 0.25) is 0 Å². The van der Waals surface area contributed by atoms with Crippen molar-refractivity contribution in [1.29, 1.82) is 0 Å². The van der Waals surface area contributed by atoms with Gasteiger partial charge in [0.05, 0.1) is 0 Å². The summed E-state index contributed by atoms with van der Waals surface area (Å²) in [6, 6.07) is -0.896. The first-order chi connectivity index (χ1) is 23.9. The number of carbonyl (C=O) groups excluding carboxylic acids is 2. The number of amides is 1. The van der Waals surface area contributed by atoms with E-state index in [0.717, 1.165) is 70.6 Å². The summed E-state index contributed by atoms with van der Waals surface area (Å²) >= 11 is 0. The quantitative estimate of drug-likeness (QED) is 0.0360. The minimum Gasteiger partial charge on any atom is -0.480 e. The summed E-state index contributed by atoms with van der Waals surface area (Å²) in [6.07, 6.45) is 45.2. The van der Waals surface area contributed by atoms with Gasteiger partial charge in [0.25, 0.3) is 0 Å². The first-order valence-corrected chi connectivity index (χ1v) is 19.3. The molecule has 49 heavy (non-hydrogen) atoms. The molecular formula is C42H70N2O5. The van der Waals surface area contributed by atoms with Crippen LogP contribution in [-0.4, -0.2) is 41.6 Å². The zero-order chi connectivity index (χ0) is 36.0. The standard InChI is InChI=1S/C42H70N2O5/c1-3-5-7-9-11-13-15-16-17-19-21-23-25-30-36-41(46)49-38(32-27-24-22-20-18-14-12-10-8-6-4-2)33-28-26-29-35-40(45)44-39(42(47)48)34-31-37-43/h6,8-9,11-12,14-16,20,22,27,32,38-39H,3-5,7,10,13,17-19,21,23-26,28-31,33-37,43H2,1-2H3,(H,44,45)(H,47,48)/b8-6-,11-9-,14-12-,16-15-,22-20-,32-27-. The number of hydrogen-bond donors (Lipinski definition) is 3. The lowest BCUT2D eigenvalue weighted by molar-refractivity contribution is -0.147. The summed E-state index contributed by atoms with van der Waals surface area (Å²) < 4.78 is 5.86. The van der Waals surface area contributed by atoms with E-state index in [1.54, 1.807) is 0 Å². The molecule has 0 aliphatic rings. The lowest BCUT2D eigenvalue weighted by atomic mass is 10.1. The van der Waals surface area contributed by atoms with E-state index in [4.69, 9.17) is 10.5 Å². The topological polar surface area (TPSA) is 119 Å². The number of esters is 1. The molecule has 0 aliphatic heterocycles. The summed E-state index contributed by atoms with van der Waals surface area (Å²) in [5.74, 6) is -1.44. The molecule has 7 heteroatoms. The smallest absolute Gasteiger partial charge is 0.326 e. The molecule has 0 bridgehead atoms. The average molecular weight is 683 g/mol. The van der Waals surface area contributed by atoms with Gasteiger partial charge < -0.3 is 20.9 Å². The molecule has 0 radical (unpaired) electrons. The Morgan fingerprint density at radius 1 is 0.633 bits per heavy atom. The van der Waals surface area contributed by atoms with Gasteiger partial charge in [-0.3, -0.25) is 9.59 Å². The predicted octanol–water partition coefficient (Wildman–Crippen LogP) is 10.4. The van der Waals surface area contributed by atoms with Crippen LogP contribution in [0.25, 0.3) is 0 Å². The van der Waals surface area contributed by atoms with E-state index in [-0.39, 0.29) is 24.4 Å². The Morgan fingerprint density at radius 3 is 1.82 bits per heavy atom. The number of carboxylic acids is 1. The number of carboxylic acid groups (broad SMARTS) is 1. The summed E-state index contributed by atoms with van der Waals surface area (Å²) in [5.41, 5.74) is 5.48. The molecule has 2 atom stereocenters. The highest BCUT2D eigenvalue weighted by molar-refractivity contribution is 5.83. The van der Waals surface area contributed by atoms with Gasteiger partial charge in [-0.2, -0.15) is 0 Å². The third kappa shape index (κ3) is 33.1. The second-order valence-electron chi connectivity index (χ2n) is 12.6. The summed E-state index contributed by atoms with van der Waals surface area (Å²) in [4.78, 5) is 36.3. The SMILES string of the molecule is CC/C=C\C/C=C\C/C=C\C/C=C\C(CCCCCC(=O)NC(CCCN)C(=O)O)OC(=O)CCCCCCC/C=C\C/C=C\CCCC. The van der Waals surface area contributed by atoms with Crippen LogP contribution in [0.15, 0.2) is 72.9 Å². The average Bonchev–Trinajstić information content (AvgIpc) is 3.08. The van der Waals surface area contributed by atoms with Crippen molar-refractivity contribution in [2.24, 2.45) is 5.73 Å². The largest absolute Gasteiger partial charge is 0.480 e. The highest BCUT2D eigenvalue weighted by Gasteiger charge is 2.19. The fourth-order valence-corrected chi connectivity index (χ4v) is 5.08. The maximum atomic E-state index is 12.7. The fourth-order valence-electron chi connectivity index (χ4n) is 5.08. The third-order valence-corrected chi connectivity index (χ3v) is 7.99. The first kappa shape index (κ1) is 45.8. The zero-order valence-electron chi connectivity index (χ0n) is 31.0. The van der Waals surface area contributed by atoms with E-state index >= 15 is 0 Å². The van der Waals surface area contributed by atoms with E-state index < -0.39 is 12.0 Å². The maximum Gasteiger partial charge on any atom is 0.326 e. The van der Waals surface area contributed by atoms with Gasteiger partial charge in [-0.05, 0) is 103 Å². The lowest BCUT2D eigenvalue weighted by Crippen LogP contribution is -2.40. The van der Waals surface area contributed by atoms with Gasteiger partial charge in [0.2, 0.25) is 5.91 Å². The van der Waals surface area contributed by atoms with Gasteiger partial charge in [-0.1, -0.05) is 119 Å².